The zero-order valence-corrected chi connectivity index (χ0v) is 22.0. The average Bonchev–Trinajstić information content (AvgIpc) is 3.25. The highest BCUT2D eigenvalue weighted by atomic mass is 127. The number of nitro groups is 1. The highest BCUT2D eigenvalue weighted by Crippen LogP contribution is 2.40. The molecule has 35 heavy (non-hydrogen) atoms. The smallest absolute Gasteiger partial charge is 0.314 e. The maximum Gasteiger partial charge on any atom is 0.314 e. The van der Waals surface area contributed by atoms with Crippen LogP contribution in [-0.4, -0.2) is 38.3 Å². The van der Waals surface area contributed by atoms with E-state index in [4.69, 9.17) is 0 Å². The van der Waals surface area contributed by atoms with Crippen LogP contribution in [0.15, 0.2) is 51.8 Å². The zero-order chi connectivity index (χ0) is 25.9. The van der Waals surface area contributed by atoms with E-state index in [9.17, 15) is 29.6 Å². The Hall–Kier alpha value is -3.13. The lowest BCUT2D eigenvalue weighted by molar-refractivity contribution is -0.385. The Bertz CT molecular complexity index is 1250. The maximum atomic E-state index is 13.6. The van der Waals surface area contributed by atoms with Crippen molar-refractivity contribution in [1.29, 1.82) is 0 Å². The number of aliphatic carboxylic acids is 1. The fourth-order valence-corrected chi connectivity index (χ4v) is 5.59. The number of carbonyl (C=O) groups is 3. The van der Waals surface area contributed by atoms with E-state index >= 15 is 0 Å². The molecule has 1 aromatic carbocycles. The number of carbonyl (C=O) groups excluding carboxylic acids is 2. The minimum absolute atomic E-state index is 0.0971. The van der Waals surface area contributed by atoms with Crippen molar-refractivity contribution in [1.82, 2.24) is 10.3 Å². The predicted octanol–water partition coefficient (Wildman–Crippen LogP) is 4.19. The summed E-state index contributed by atoms with van der Waals surface area (Å²) >= 11 is 3.15. The molecule has 1 aliphatic carbocycles. The Labute approximate surface area is 218 Å². The number of hydrogen-bond acceptors (Lipinski definition) is 7. The van der Waals surface area contributed by atoms with Gasteiger partial charge in [0.25, 0.3) is 11.6 Å². The molecule has 12 heteroatoms. The molecule has 3 rings (SSSR count). The molecule has 1 heterocycles. The Kier molecular flexibility index (Phi) is 8.05. The number of benzene rings is 1. The quantitative estimate of drug-likeness (QED) is 0.176. The van der Waals surface area contributed by atoms with Gasteiger partial charge in [0, 0.05) is 39.6 Å². The van der Waals surface area contributed by atoms with Gasteiger partial charge in [-0.05, 0) is 40.2 Å². The minimum Gasteiger partial charge on any atom is -0.481 e. The topological polar surface area (TPSA) is 152 Å². The number of halogens is 1. The molecule has 2 unspecified atom stereocenters. The van der Waals surface area contributed by atoms with E-state index in [1.54, 1.807) is 12.3 Å². The second-order valence-corrected chi connectivity index (χ2v) is 10.4. The number of rotatable bonds is 8. The van der Waals surface area contributed by atoms with Gasteiger partial charge in [-0.2, -0.15) is 0 Å². The van der Waals surface area contributed by atoms with Crippen molar-refractivity contribution in [3.63, 3.8) is 0 Å². The molecule has 0 radical (unpaired) electrons. The molecule has 0 saturated heterocycles. The highest BCUT2D eigenvalue weighted by Gasteiger charge is 2.46. The molecular weight excluding hydrogens is 587 g/mol. The van der Waals surface area contributed by atoms with Crippen molar-refractivity contribution >= 4 is 62.5 Å². The van der Waals surface area contributed by atoms with Crippen molar-refractivity contribution in [3.8, 4) is 0 Å². The molecule has 184 valence electrons. The molecule has 0 saturated carbocycles. The molecule has 0 bridgehead atoms. The number of anilines is 1. The molecular formula is C23H23IN4O6S. The van der Waals surface area contributed by atoms with Crippen LogP contribution >= 0.6 is 33.9 Å². The van der Waals surface area contributed by atoms with Gasteiger partial charge in [-0.25, -0.2) is 4.98 Å². The van der Waals surface area contributed by atoms with Gasteiger partial charge in [-0.3, -0.25) is 29.8 Å². The third-order valence-electron chi connectivity index (χ3n) is 5.42. The molecule has 2 atom stereocenters. The average molecular weight is 610 g/mol. The van der Waals surface area contributed by atoms with Crippen LogP contribution in [0.25, 0.3) is 0 Å². The van der Waals surface area contributed by atoms with Crippen LogP contribution in [0.1, 0.15) is 37.1 Å². The van der Waals surface area contributed by atoms with E-state index in [0.29, 0.717) is 10.7 Å². The summed E-state index contributed by atoms with van der Waals surface area (Å²) in [6.45, 7) is 5.24. The first-order chi connectivity index (χ1) is 16.5. The number of para-hydroxylation sites is 1. The van der Waals surface area contributed by atoms with Gasteiger partial charge in [-0.1, -0.05) is 38.1 Å². The number of nitrogens with one attached hydrogen (secondary N) is 2. The van der Waals surface area contributed by atoms with Gasteiger partial charge in [-0.15, -0.1) is 11.3 Å². The number of nitro benzene ring substituents is 1. The van der Waals surface area contributed by atoms with Crippen LogP contribution in [-0.2, 0) is 20.8 Å². The van der Waals surface area contributed by atoms with Gasteiger partial charge in [0.15, 0.2) is 10.7 Å². The Morgan fingerprint density at radius 1 is 1.31 bits per heavy atom. The molecule has 2 amide bonds. The largest absolute Gasteiger partial charge is 0.481 e. The number of nitrogens with zero attached hydrogens (tertiary/aromatic N) is 2. The van der Waals surface area contributed by atoms with Crippen LogP contribution in [0.2, 0.25) is 0 Å². The van der Waals surface area contributed by atoms with Crippen LogP contribution in [0.5, 0.6) is 0 Å². The Morgan fingerprint density at radius 3 is 2.57 bits per heavy atom. The van der Waals surface area contributed by atoms with Crippen LogP contribution in [0, 0.1) is 16.0 Å². The van der Waals surface area contributed by atoms with E-state index in [0.717, 1.165) is 4.88 Å². The molecule has 2 aromatic rings. The van der Waals surface area contributed by atoms with Crippen molar-refractivity contribution in [2.45, 2.75) is 38.6 Å². The number of amides is 2. The molecule has 0 fully saturated rings. The maximum absolute atomic E-state index is 13.6. The van der Waals surface area contributed by atoms with E-state index in [2.05, 4.69) is 15.6 Å². The lowest BCUT2D eigenvalue weighted by atomic mass is 9.80. The van der Waals surface area contributed by atoms with Crippen LogP contribution < -0.4 is 10.6 Å². The van der Waals surface area contributed by atoms with E-state index in [1.807, 2.05) is 36.4 Å². The second kappa shape index (κ2) is 10.6. The molecule has 1 aliphatic rings. The van der Waals surface area contributed by atoms with Crippen molar-refractivity contribution in [2.75, 3.05) is 5.32 Å². The number of hydrogen-bond donors (Lipinski definition) is 3. The van der Waals surface area contributed by atoms with Crippen molar-refractivity contribution in [2.24, 2.45) is 5.92 Å². The summed E-state index contributed by atoms with van der Waals surface area (Å²) in [6, 6.07) is 6.01. The molecule has 3 N–H and O–H groups in total. The fourth-order valence-electron chi connectivity index (χ4n) is 3.70. The van der Waals surface area contributed by atoms with E-state index in [1.165, 1.54) is 48.6 Å². The second-order valence-electron chi connectivity index (χ2n) is 8.24. The van der Waals surface area contributed by atoms with Gasteiger partial charge in [0.1, 0.15) is 0 Å². The lowest BCUT2D eigenvalue weighted by Gasteiger charge is -2.35. The van der Waals surface area contributed by atoms with Gasteiger partial charge < -0.3 is 10.4 Å². The first kappa shape index (κ1) is 26.5. The van der Waals surface area contributed by atoms with Gasteiger partial charge >= 0.3 is 5.97 Å². The number of carboxylic acids is 1. The predicted molar refractivity (Wildman–Crippen MR) is 139 cm³/mol. The third kappa shape index (κ3) is 5.59. The summed E-state index contributed by atoms with van der Waals surface area (Å²) < 4.78 is 0.247. The minimum atomic E-state index is -1.71. The van der Waals surface area contributed by atoms with Gasteiger partial charge in [0.2, 0.25) is 5.91 Å². The zero-order valence-electron chi connectivity index (χ0n) is 19.1. The molecule has 10 nitrogen and oxygen atoms in total. The normalized spacial score (nSPS) is 19.5. The molecule has 0 spiro atoms. The van der Waals surface area contributed by atoms with Gasteiger partial charge in [0.05, 0.1) is 10.8 Å². The summed E-state index contributed by atoms with van der Waals surface area (Å²) in [7, 11) is 0. The lowest BCUT2D eigenvalue weighted by Crippen LogP contribution is -2.57. The summed E-state index contributed by atoms with van der Waals surface area (Å²) in [5.74, 6) is -3.24. The van der Waals surface area contributed by atoms with Crippen molar-refractivity contribution in [3.05, 3.63) is 72.3 Å². The third-order valence-corrected chi connectivity index (χ3v) is 8.18. The monoisotopic (exact) mass is 610 g/mol. The summed E-state index contributed by atoms with van der Waals surface area (Å²) in [4.78, 5) is 54.0. The summed E-state index contributed by atoms with van der Waals surface area (Å²) in [6.07, 6.45) is 4.24. The Balaban J connectivity index is 2.11. The first-order valence-electron chi connectivity index (χ1n) is 10.6. The number of aromatic nitrogens is 1. The SMILES string of the molecule is CC(=O)NC1(C(=O)Nc2ncc(C(C)C)s2)C=CC(C(=O)O)C(Cc2ccccc2[N+](=O)[O-])=C1I. The van der Waals surface area contributed by atoms with E-state index < -0.39 is 34.2 Å². The first-order valence-corrected chi connectivity index (χ1v) is 12.4. The standard InChI is InChI=1S/C23H23IN4O6S/c1-12(2)18-11-25-22(35-18)26-21(32)23(27-13(3)29)9-8-15(20(30)31)16(19(23)24)10-14-6-4-5-7-17(14)28(33)34/h4-9,11-12,15H,10H2,1-3H3,(H,27,29)(H,30,31)(H,25,26,32). The Morgan fingerprint density at radius 2 is 2.00 bits per heavy atom. The van der Waals surface area contributed by atoms with Crippen molar-refractivity contribution < 1.29 is 24.4 Å². The highest BCUT2D eigenvalue weighted by molar-refractivity contribution is 14.1. The molecule has 1 aromatic heterocycles. The van der Waals surface area contributed by atoms with Crippen LogP contribution in [0.3, 0.4) is 0 Å². The van der Waals surface area contributed by atoms with Crippen LogP contribution in [0.4, 0.5) is 10.8 Å². The summed E-state index contributed by atoms with van der Waals surface area (Å²) in [5.41, 5.74) is -1.31. The number of carboxylic acid groups (broad SMARTS) is 1. The number of thiazole rings is 1. The summed E-state index contributed by atoms with van der Waals surface area (Å²) in [5, 5.41) is 27.1. The fraction of sp³-hybridized carbons (Fsp3) is 0.304. The van der Waals surface area contributed by atoms with E-state index in [-0.39, 0.29) is 27.2 Å². The molecule has 0 aliphatic heterocycles.